The van der Waals surface area contributed by atoms with Crippen LogP contribution in [-0.4, -0.2) is 44.6 Å². The number of aliphatic hydroxyl groups excluding tert-OH is 1. The number of aryl methyl sites for hydroxylation is 1. The zero-order valence-corrected chi connectivity index (χ0v) is 13.1. The van der Waals surface area contributed by atoms with Crippen LogP contribution in [0.1, 0.15) is 25.0 Å². The number of nitrogens with zero attached hydrogens (tertiary/aromatic N) is 1. The van der Waals surface area contributed by atoms with Gasteiger partial charge >= 0.3 is 0 Å². The van der Waals surface area contributed by atoms with E-state index in [4.69, 9.17) is 4.74 Å². The monoisotopic (exact) mass is 280 g/mol. The Hall–Kier alpha value is -1.10. The van der Waals surface area contributed by atoms with E-state index in [1.54, 1.807) is 7.11 Å². The van der Waals surface area contributed by atoms with Crippen molar-refractivity contribution in [3.63, 3.8) is 0 Å². The first-order valence-corrected chi connectivity index (χ1v) is 7.26. The molecule has 0 heterocycles. The second-order valence-electron chi connectivity index (χ2n) is 5.30. The lowest BCUT2D eigenvalue weighted by atomic mass is 10.1. The summed E-state index contributed by atoms with van der Waals surface area (Å²) in [6, 6.07) is 6.89. The molecule has 0 aliphatic rings. The third-order valence-electron chi connectivity index (χ3n) is 3.35. The molecule has 1 rings (SSSR count). The maximum absolute atomic E-state index is 9.20. The maximum Gasteiger partial charge on any atom is 0.0606 e. The van der Waals surface area contributed by atoms with E-state index < -0.39 is 0 Å². The summed E-state index contributed by atoms with van der Waals surface area (Å²) < 4.78 is 5.01. The number of rotatable bonds is 9. The lowest BCUT2D eigenvalue weighted by molar-refractivity contribution is 0.199. The van der Waals surface area contributed by atoms with E-state index >= 15 is 0 Å². The van der Waals surface area contributed by atoms with E-state index in [0.29, 0.717) is 12.6 Å². The van der Waals surface area contributed by atoms with Crippen LogP contribution in [0.5, 0.6) is 0 Å². The van der Waals surface area contributed by atoms with Gasteiger partial charge < -0.3 is 20.1 Å². The number of aliphatic hydroxyl groups is 1. The van der Waals surface area contributed by atoms with Crippen LogP contribution in [0.15, 0.2) is 18.2 Å². The van der Waals surface area contributed by atoms with Crippen LogP contribution >= 0.6 is 0 Å². The molecule has 0 atom stereocenters. The molecule has 0 aliphatic heterocycles. The summed E-state index contributed by atoms with van der Waals surface area (Å²) in [6.07, 6.45) is 0. The molecular weight excluding hydrogens is 252 g/mol. The predicted molar refractivity (Wildman–Crippen MR) is 84.3 cm³/mol. The first-order chi connectivity index (χ1) is 9.60. The molecule has 2 N–H and O–H groups in total. The van der Waals surface area contributed by atoms with Gasteiger partial charge in [-0.1, -0.05) is 12.1 Å². The van der Waals surface area contributed by atoms with Crippen molar-refractivity contribution >= 4 is 5.69 Å². The highest BCUT2D eigenvalue weighted by atomic mass is 16.5. The smallest absolute Gasteiger partial charge is 0.0606 e. The number of nitrogens with one attached hydrogen (secondary N) is 1. The zero-order chi connectivity index (χ0) is 15.0. The van der Waals surface area contributed by atoms with Crippen molar-refractivity contribution in [2.75, 3.05) is 38.3 Å². The molecule has 4 heteroatoms. The zero-order valence-electron chi connectivity index (χ0n) is 13.1. The largest absolute Gasteiger partial charge is 0.395 e. The standard InChI is InChI=1S/C16H28N2O2/c1-13(2)18(8-9-19)16-6-5-15(11-14(16)3)12-17-7-10-20-4/h5-6,11,13,17,19H,7-10,12H2,1-4H3. The van der Waals surface area contributed by atoms with Gasteiger partial charge in [0.15, 0.2) is 0 Å². The summed E-state index contributed by atoms with van der Waals surface area (Å²) in [5.41, 5.74) is 3.72. The molecule has 0 unspecified atom stereocenters. The minimum absolute atomic E-state index is 0.179. The molecule has 4 nitrogen and oxygen atoms in total. The van der Waals surface area contributed by atoms with Gasteiger partial charge in [0.2, 0.25) is 0 Å². The van der Waals surface area contributed by atoms with Crippen LogP contribution in [-0.2, 0) is 11.3 Å². The van der Waals surface area contributed by atoms with Crippen molar-refractivity contribution in [1.82, 2.24) is 5.32 Å². The topological polar surface area (TPSA) is 44.7 Å². The first-order valence-electron chi connectivity index (χ1n) is 7.26. The van der Waals surface area contributed by atoms with Gasteiger partial charge in [0.05, 0.1) is 13.2 Å². The molecule has 0 saturated carbocycles. The lowest BCUT2D eigenvalue weighted by Crippen LogP contribution is -2.34. The summed E-state index contributed by atoms with van der Waals surface area (Å²) in [5, 5.41) is 12.5. The number of ether oxygens (including phenoxy) is 1. The predicted octanol–water partition coefficient (Wildman–Crippen LogP) is 1.94. The van der Waals surface area contributed by atoms with Crippen molar-refractivity contribution in [3.8, 4) is 0 Å². The van der Waals surface area contributed by atoms with Crippen molar-refractivity contribution < 1.29 is 9.84 Å². The summed E-state index contributed by atoms with van der Waals surface area (Å²) in [4.78, 5) is 2.23. The molecule has 0 bridgehead atoms. The van der Waals surface area contributed by atoms with Gasteiger partial charge in [-0.2, -0.15) is 0 Å². The number of hydrogen-bond donors (Lipinski definition) is 2. The average Bonchev–Trinajstić information content (AvgIpc) is 2.41. The van der Waals surface area contributed by atoms with Gasteiger partial charge in [0.1, 0.15) is 0 Å². The Bertz CT molecular complexity index is 394. The van der Waals surface area contributed by atoms with E-state index in [1.165, 1.54) is 16.8 Å². The van der Waals surface area contributed by atoms with Crippen molar-refractivity contribution in [1.29, 1.82) is 0 Å². The number of benzene rings is 1. The molecule has 114 valence electrons. The molecule has 0 saturated heterocycles. The maximum atomic E-state index is 9.20. The molecule has 0 fully saturated rings. The third kappa shape index (κ3) is 5.12. The van der Waals surface area contributed by atoms with Gasteiger partial charge in [-0.25, -0.2) is 0 Å². The van der Waals surface area contributed by atoms with Crippen LogP contribution in [0.3, 0.4) is 0 Å². The summed E-state index contributed by atoms with van der Waals surface area (Å²) in [6.45, 7) is 9.72. The fourth-order valence-electron chi connectivity index (χ4n) is 2.32. The van der Waals surface area contributed by atoms with Crippen LogP contribution in [0, 0.1) is 6.92 Å². The molecule has 0 amide bonds. The number of methoxy groups -OCH3 is 1. The summed E-state index contributed by atoms with van der Waals surface area (Å²) in [5.74, 6) is 0. The van der Waals surface area contributed by atoms with Crippen molar-refractivity contribution in [2.45, 2.75) is 33.4 Å². The number of hydrogen-bond acceptors (Lipinski definition) is 4. The van der Waals surface area contributed by atoms with Crippen molar-refractivity contribution in [2.24, 2.45) is 0 Å². The Labute approximate surface area is 122 Å². The highest BCUT2D eigenvalue weighted by Crippen LogP contribution is 2.23. The normalized spacial score (nSPS) is 11.1. The van der Waals surface area contributed by atoms with E-state index in [0.717, 1.165) is 19.7 Å². The van der Waals surface area contributed by atoms with Gasteiger partial charge in [0.25, 0.3) is 0 Å². The first kappa shape index (κ1) is 17.0. The van der Waals surface area contributed by atoms with E-state index in [-0.39, 0.29) is 6.61 Å². The molecule has 1 aromatic rings. The molecular formula is C16H28N2O2. The lowest BCUT2D eigenvalue weighted by Gasteiger charge is -2.30. The van der Waals surface area contributed by atoms with Crippen LogP contribution in [0.25, 0.3) is 0 Å². The molecule has 0 spiro atoms. The Morgan fingerprint density at radius 1 is 1.35 bits per heavy atom. The van der Waals surface area contributed by atoms with Gasteiger partial charge in [-0.15, -0.1) is 0 Å². The van der Waals surface area contributed by atoms with Crippen molar-refractivity contribution in [3.05, 3.63) is 29.3 Å². The van der Waals surface area contributed by atoms with Gasteiger partial charge in [-0.3, -0.25) is 0 Å². The SMILES string of the molecule is COCCNCc1ccc(N(CCO)C(C)C)c(C)c1. The van der Waals surface area contributed by atoms with Crippen LogP contribution in [0.4, 0.5) is 5.69 Å². The highest BCUT2D eigenvalue weighted by molar-refractivity contribution is 5.55. The molecule has 0 radical (unpaired) electrons. The number of anilines is 1. The fourth-order valence-corrected chi connectivity index (χ4v) is 2.32. The third-order valence-corrected chi connectivity index (χ3v) is 3.35. The van der Waals surface area contributed by atoms with E-state index in [2.05, 4.69) is 49.2 Å². The Balaban J connectivity index is 2.71. The molecule has 0 aromatic heterocycles. The van der Waals surface area contributed by atoms with Crippen LogP contribution in [0.2, 0.25) is 0 Å². The summed E-state index contributed by atoms with van der Waals surface area (Å²) >= 11 is 0. The van der Waals surface area contributed by atoms with E-state index in [9.17, 15) is 5.11 Å². The quantitative estimate of drug-likeness (QED) is 0.679. The molecule has 1 aromatic carbocycles. The highest BCUT2D eigenvalue weighted by Gasteiger charge is 2.12. The van der Waals surface area contributed by atoms with Crippen LogP contribution < -0.4 is 10.2 Å². The summed E-state index contributed by atoms with van der Waals surface area (Å²) in [7, 11) is 1.71. The minimum Gasteiger partial charge on any atom is -0.395 e. The second-order valence-corrected chi connectivity index (χ2v) is 5.30. The Morgan fingerprint density at radius 3 is 2.65 bits per heavy atom. The van der Waals surface area contributed by atoms with Gasteiger partial charge in [0, 0.05) is 38.5 Å². The Kier molecular flexibility index (Phi) is 7.59. The minimum atomic E-state index is 0.179. The van der Waals surface area contributed by atoms with Gasteiger partial charge in [-0.05, 0) is 38.0 Å². The van der Waals surface area contributed by atoms with E-state index in [1.807, 2.05) is 0 Å². The second kappa shape index (κ2) is 8.95. The molecule has 0 aliphatic carbocycles. The fraction of sp³-hybridized carbons (Fsp3) is 0.625. The Morgan fingerprint density at radius 2 is 2.10 bits per heavy atom. The average molecular weight is 280 g/mol. The molecule has 20 heavy (non-hydrogen) atoms.